The molecule has 0 amide bonds. The first kappa shape index (κ1) is 10.3. The second kappa shape index (κ2) is 4.42. The van der Waals surface area contributed by atoms with E-state index in [-0.39, 0.29) is 0 Å². The SMILES string of the molecule is CCNc1cc(Cl)nc(C(C)C)n1. The van der Waals surface area contributed by atoms with Gasteiger partial charge in [0.15, 0.2) is 0 Å². The third-order valence-electron chi connectivity index (χ3n) is 1.59. The van der Waals surface area contributed by atoms with E-state index in [1.54, 1.807) is 6.07 Å². The zero-order chi connectivity index (χ0) is 9.84. The number of anilines is 1. The van der Waals surface area contributed by atoms with Gasteiger partial charge in [0, 0.05) is 18.5 Å². The van der Waals surface area contributed by atoms with Crippen molar-refractivity contribution in [1.29, 1.82) is 0 Å². The van der Waals surface area contributed by atoms with Gasteiger partial charge >= 0.3 is 0 Å². The molecule has 0 saturated carbocycles. The van der Waals surface area contributed by atoms with Crippen molar-refractivity contribution in [2.45, 2.75) is 26.7 Å². The lowest BCUT2D eigenvalue weighted by Crippen LogP contribution is -2.04. The molecule has 3 nitrogen and oxygen atoms in total. The van der Waals surface area contributed by atoms with E-state index in [0.29, 0.717) is 11.1 Å². The molecule has 1 N–H and O–H groups in total. The van der Waals surface area contributed by atoms with Gasteiger partial charge in [-0.05, 0) is 6.92 Å². The first-order valence-corrected chi connectivity index (χ1v) is 4.79. The lowest BCUT2D eigenvalue weighted by molar-refractivity contribution is 0.775. The van der Waals surface area contributed by atoms with Crippen LogP contribution in [0.25, 0.3) is 0 Å². The predicted octanol–water partition coefficient (Wildman–Crippen LogP) is 2.69. The highest BCUT2D eigenvalue weighted by Crippen LogP contribution is 2.16. The highest BCUT2D eigenvalue weighted by Gasteiger charge is 2.05. The van der Waals surface area contributed by atoms with E-state index in [9.17, 15) is 0 Å². The van der Waals surface area contributed by atoms with Gasteiger partial charge in [-0.1, -0.05) is 25.4 Å². The molecule has 0 atom stereocenters. The maximum atomic E-state index is 5.84. The van der Waals surface area contributed by atoms with Crippen molar-refractivity contribution in [3.8, 4) is 0 Å². The van der Waals surface area contributed by atoms with Crippen LogP contribution in [0.5, 0.6) is 0 Å². The summed E-state index contributed by atoms with van der Waals surface area (Å²) in [6.07, 6.45) is 0. The van der Waals surface area contributed by atoms with Gasteiger partial charge in [0.2, 0.25) is 0 Å². The molecule has 0 aliphatic heterocycles. The van der Waals surface area contributed by atoms with Crippen molar-refractivity contribution in [2.24, 2.45) is 0 Å². The Kier molecular flexibility index (Phi) is 3.48. The molecule has 0 spiro atoms. The number of hydrogen-bond donors (Lipinski definition) is 1. The Morgan fingerprint density at radius 1 is 1.46 bits per heavy atom. The Morgan fingerprint density at radius 3 is 2.69 bits per heavy atom. The third kappa shape index (κ3) is 2.84. The number of aromatic nitrogens is 2. The van der Waals surface area contributed by atoms with Crippen LogP contribution in [0.1, 0.15) is 32.5 Å². The van der Waals surface area contributed by atoms with E-state index in [1.807, 2.05) is 20.8 Å². The summed E-state index contributed by atoms with van der Waals surface area (Å²) in [5.74, 6) is 1.88. The summed E-state index contributed by atoms with van der Waals surface area (Å²) in [5.41, 5.74) is 0. The second-order valence-electron chi connectivity index (χ2n) is 3.12. The van der Waals surface area contributed by atoms with Crippen LogP contribution in [0.2, 0.25) is 5.15 Å². The van der Waals surface area contributed by atoms with Crippen LogP contribution in [0.15, 0.2) is 6.07 Å². The molecule has 1 aromatic heterocycles. The average Bonchev–Trinajstić information content (AvgIpc) is 2.03. The Balaban J connectivity index is 2.96. The molecule has 0 aliphatic carbocycles. The standard InChI is InChI=1S/C9H14ClN3/c1-4-11-8-5-7(10)12-9(13-8)6(2)3/h5-6H,4H2,1-3H3,(H,11,12,13). The highest BCUT2D eigenvalue weighted by atomic mass is 35.5. The van der Waals surface area contributed by atoms with E-state index in [1.165, 1.54) is 0 Å². The average molecular weight is 200 g/mol. The van der Waals surface area contributed by atoms with Crippen molar-refractivity contribution in [3.05, 3.63) is 17.0 Å². The van der Waals surface area contributed by atoms with Crippen LogP contribution in [-0.2, 0) is 0 Å². The Hall–Kier alpha value is -0.830. The van der Waals surface area contributed by atoms with Gasteiger partial charge in [-0.2, -0.15) is 0 Å². The molecule has 0 fully saturated rings. The van der Waals surface area contributed by atoms with Gasteiger partial charge in [-0.15, -0.1) is 0 Å². The summed E-state index contributed by atoms with van der Waals surface area (Å²) in [6, 6.07) is 1.73. The summed E-state index contributed by atoms with van der Waals surface area (Å²) in [4.78, 5) is 8.45. The van der Waals surface area contributed by atoms with Crippen LogP contribution in [-0.4, -0.2) is 16.5 Å². The Labute approximate surface area is 83.5 Å². The molecule has 0 aliphatic rings. The van der Waals surface area contributed by atoms with Gasteiger partial charge in [-0.3, -0.25) is 0 Å². The van der Waals surface area contributed by atoms with Crippen LogP contribution in [0, 0.1) is 0 Å². The smallest absolute Gasteiger partial charge is 0.135 e. The highest BCUT2D eigenvalue weighted by molar-refractivity contribution is 6.29. The van der Waals surface area contributed by atoms with E-state index in [2.05, 4.69) is 15.3 Å². The van der Waals surface area contributed by atoms with E-state index < -0.39 is 0 Å². The molecular weight excluding hydrogens is 186 g/mol. The lowest BCUT2D eigenvalue weighted by Gasteiger charge is -2.07. The monoisotopic (exact) mass is 199 g/mol. The minimum Gasteiger partial charge on any atom is -0.370 e. The summed E-state index contributed by atoms with van der Waals surface area (Å²) < 4.78 is 0. The zero-order valence-electron chi connectivity index (χ0n) is 8.13. The Morgan fingerprint density at radius 2 is 2.15 bits per heavy atom. The molecule has 72 valence electrons. The van der Waals surface area contributed by atoms with E-state index in [4.69, 9.17) is 11.6 Å². The van der Waals surface area contributed by atoms with E-state index >= 15 is 0 Å². The quantitative estimate of drug-likeness (QED) is 0.761. The molecule has 0 radical (unpaired) electrons. The first-order valence-electron chi connectivity index (χ1n) is 4.41. The molecule has 13 heavy (non-hydrogen) atoms. The van der Waals surface area contributed by atoms with Crippen molar-refractivity contribution < 1.29 is 0 Å². The fourth-order valence-corrected chi connectivity index (χ4v) is 1.16. The molecule has 0 bridgehead atoms. The molecule has 0 saturated heterocycles. The van der Waals surface area contributed by atoms with Crippen molar-refractivity contribution in [3.63, 3.8) is 0 Å². The predicted molar refractivity (Wildman–Crippen MR) is 55.3 cm³/mol. The fourth-order valence-electron chi connectivity index (χ4n) is 0.965. The summed E-state index contributed by atoms with van der Waals surface area (Å²) in [5, 5.41) is 3.60. The summed E-state index contributed by atoms with van der Waals surface area (Å²) in [7, 11) is 0. The van der Waals surface area contributed by atoms with Crippen LogP contribution in [0.4, 0.5) is 5.82 Å². The number of hydrogen-bond acceptors (Lipinski definition) is 3. The number of nitrogens with zero attached hydrogens (tertiary/aromatic N) is 2. The molecule has 4 heteroatoms. The first-order chi connectivity index (χ1) is 6.13. The van der Waals surface area contributed by atoms with Crippen molar-refractivity contribution >= 4 is 17.4 Å². The molecular formula is C9H14ClN3. The number of halogens is 1. The van der Waals surface area contributed by atoms with Gasteiger partial charge < -0.3 is 5.32 Å². The largest absolute Gasteiger partial charge is 0.370 e. The van der Waals surface area contributed by atoms with Crippen LogP contribution < -0.4 is 5.32 Å². The summed E-state index contributed by atoms with van der Waals surface area (Å²) in [6.45, 7) is 6.94. The van der Waals surface area contributed by atoms with Gasteiger partial charge in [-0.25, -0.2) is 9.97 Å². The van der Waals surface area contributed by atoms with E-state index in [0.717, 1.165) is 18.2 Å². The molecule has 0 aromatic carbocycles. The van der Waals surface area contributed by atoms with Crippen molar-refractivity contribution in [1.82, 2.24) is 9.97 Å². The topological polar surface area (TPSA) is 37.8 Å². The normalized spacial score (nSPS) is 10.5. The van der Waals surface area contributed by atoms with Crippen LogP contribution >= 0.6 is 11.6 Å². The fraction of sp³-hybridized carbons (Fsp3) is 0.556. The number of nitrogens with one attached hydrogen (secondary N) is 1. The zero-order valence-corrected chi connectivity index (χ0v) is 8.89. The maximum Gasteiger partial charge on any atom is 0.135 e. The summed E-state index contributed by atoms with van der Waals surface area (Å²) >= 11 is 5.84. The minimum absolute atomic E-state index is 0.302. The molecule has 1 rings (SSSR count). The van der Waals surface area contributed by atoms with Crippen molar-refractivity contribution in [2.75, 3.05) is 11.9 Å². The van der Waals surface area contributed by atoms with Crippen LogP contribution in [0.3, 0.4) is 0 Å². The number of rotatable bonds is 3. The third-order valence-corrected chi connectivity index (χ3v) is 1.78. The Bertz CT molecular complexity index is 286. The second-order valence-corrected chi connectivity index (χ2v) is 3.51. The molecule has 1 heterocycles. The van der Waals surface area contributed by atoms with Gasteiger partial charge in [0.25, 0.3) is 0 Å². The molecule has 1 aromatic rings. The van der Waals surface area contributed by atoms with Gasteiger partial charge in [0.1, 0.15) is 16.8 Å². The minimum atomic E-state index is 0.302. The lowest BCUT2D eigenvalue weighted by atomic mass is 10.2. The maximum absolute atomic E-state index is 5.84. The molecule has 0 unspecified atom stereocenters. The van der Waals surface area contributed by atoms with Gasteiger partial charge in [0.05, 0.1) is 0 Å².